The number of aromatic nitrogens is 1. The van der Waals surface area contributed by atoms with Crippen LogP contribution < -0.4 is 5.32 Å². The van der Waals surface area contributed by atoms with Crippen molar-refractivity contribution in [1.29, 1.82) is 0 Å². The lowest BCUT2D eigenvalue weighted by Gasteiger charge is -2.31. The topological polar surface area (TPSA) is 71.5 Å². The Morgan fingerprint density at radius 3 is 2.96 bits per heavy atom. The summed E-state index contributed by atoms with van der Waals surface area (Å²) in [7, 11) is -1.62. The summed E-state index contributed by atoms with van der Waals surface area (Å²) in [5.74, 6) is 0. The largest absolute Gasteiger partial charge is 0.388 e. The Bertz CT molecular complexity index is 775. The summed E-state index contributed by atoms with van der Waals surface area (Å²) in [6.07, 6.45) is -0.356. The van der Waals surface area contributed by atoms with Crippen molar-refractivity contribution in [3.05, 3.63) is 41.0 Å². The van der Waals surface area contributed by atoms with Gasteiger partial charge in [-0.05, 0) is 30.5 Å². The van der Waals surface area contributed by atoms with Gasteiger partial charge in [0.15, 0.2) is 0 Å². The van der Waals surface area contributed by atoms with Crippen molar-refractivity contribution in [2.45, 2.75) is 17.2 Å². The van der Waals surface area contributed by atoms with Crippen molar-refractivity contribution in [1.82, 2.24) is 9.29 Å². The molecule has 1 aliphatic heterocycles. The maximum absolute atomic E-state index is 12.7. The normalized spacial score (nSPS) is 19.7. The predicted molar refractivity (Wildman–Crippen MR) is 90.3 cm³/mol. The van der Waals surface area contributed by atoms with Crippen LogP contribution in [-0.2, 0) is 14.8 Å². The molecule has 23 heavy (non-hydrogen) atoms. The summed E-state index contributed by atoms with van der Waals surface area (Å²) in [4.78, 5) is 4.50. The van der Waals surface area contributed by atoms with Crippen LogP contribution in [0.4, 0.5) is 5.69 Å². The van der Waals surface area contributed by atoms with Crippen molar-refractivity contribution in [3.8, 4) is 0 Å². The van der Waals surface area contributed by atoms with Gasteiger partial charge < -0.3 is 10.1 Å². The van der Waals surface area contributed by atoms with Crippen LogP contribution >= 0.6 is 11.3 Å². The van der Waals surface area contributed by atoms with E-state index in [0.29, 0.717) is 17.4 Å². The third-order valence-corrected chi connectivity index (χ3v) is 6.95. The summed E-state index contributed by atoms with van der Waals surface area (Å²) < 4.78 is 32.9. The number of ether oxygens (including phenoxy) is 1. The third-order valence-electron chi connectivity index (χ3n) is 3.71. The van der Waals surface area contributed by atoms with E-state index in [1.165, 1.54) is 15.6 Å². The lowest BCUT2D eigenvalue weighted by molar-refractivity contribution is -0.00491. The number of sulfonamides is 1. The first-order chi connectivity index (χ1) is 11.0. The van der Waals surface area contributed by atoms with E-state index in [1.54, 1.807) is 17.5 Å². The summed E-state index contributed by atoms with van der Waals surface area (Å²) in [5.41, 5.74) is 2.56. The minimum atomic E-state index is -3.46. The number of anilines is 1. The highest BCUT2D eigenvalue weighted by molar-refractivity contribution is 7.91. The highest BCUT2D eigenvalue weighted by Gasteiger charge is 2.32. The first kappa shape index (κ1) is 16.4. The molecule has 0 aromatic carbocycles. The van der Waals surface area contributed by atoms with Crippen molar-refractivity contribution in [2.75, 3.05) is 32.1 Å². The average molecular weight is 353 g/mol. The Hall–Kier alpha value is -1.48. The fourth-order valence-corrected chi connectivity index (χ4v) is 5.13. The summed E-state index contributed by atoms with van der Waals surface area (Å²) in [5, 5.41) is 4.86. The number of morpholine rings is 1. The van der Waals surface area contributed by atoms with Crippen LogP contribution in [0.25, 0.3) is 0 Å². The van der Waals surface area contributed by atoms with E-state index in [4.69, 9.17) is 4.74 Å². The molecule has 0 bridgehead atoms. The lowest BCUT2D eigenvalue weighted by Crippen LogP contribution is -2.42. The molecule has 3 heterocycles. The number of pyridine rings is 1. The highest BCUT2D eigenvalue weighted by atomic mass is 32.2. The van der Waals surface area contributed by atoms with Gasteiger partial charge >= 0.3 is 0 Å². The van der Waals surface area contributed by atoms with Gasteiger partial charge in [0.05, 0.1) is 12.3 Å². The maximum atomic E-state index is 12.7. The molecular weight excluding hydrogens is 334 g/mol. The van der Waals surface area contributed by atoms with Crippen molar-refractivity contribution in [3.63, 3.8) is 0 Å². The number of hydrogen-bond donors (Lipinski definition) is 1. The third kappa shape index (κ3) is 3.40. The van der Waals surface area contributed by atoms with Crippen LogP contribution in [0.5, 0.6) is 0 Å². The molecule has 2 aromatic heterocycles. The molecule has 0 amide bonds. The molecule has 1 fully saturated rings. The number of thiophene rings is 1. The van der Waals surface area contributed by atoms with Crippen molar-refractivity contribution < 1.29 is 13.2 Å². The Labute approximate surface area is 140 Å². The SMILES string of the molecule is CNc1cc(C)nc(C2CN(S(=O)(=O)c3cccs3)CCO2)c1. The Balaban J connectivity index is 1.85. The van der Waals surface area contributed by atoms with E-state index in [2.05, 4.69) is 10.3 Å². The summed E-state index contributed by atoms with van der Waals surface area (Å²) >= 11 is 1.23. The zero-order valence-corrected chi connectivity index (χ0v) is 14.7. The number of nitrogens with zero attached hydrogens (tertiary/aromatic N) is 2. The first-order valence-corrected chi connectivity index (χ1v) is 9.64. The molecule has 1 saturated heterocycles. The van der Waals surface area contributed by atoms with Gasteiger partial charge in [-0.1, -0.05) is 6.07 Å². The molecule has 0 aliphatic carbocycles. The Morgan fingerprint density at radius 1 is 1.43 bits per heavy atom. The smallest absolute Gasteiger partial charge is 0.252 e. The maximum Gasteiger partial charge on any atom is 0.252 e. The molecule has 1 atom stereocenters. The van der Waals surface area contributed by atoms with Gasteiger partial charge in [-0.3, -0.25) is 4.98 Å². The molecule has 0 saturated carbocycles. The predicted octanol–water partition coefficient (Wildman–Crippen LogP) is 2.26. The average Bonchev–Trinajstić information content (AvgIpc) is 3.09. The number of nitrogens with one attached hydrogen (secondary N) is 1. The number of hydrogen-bond acceptors (Lipinski definition) is 6. The zero-order valence-electron chi connectivity index (χ0n) is 13.0. The Morgan fingerprint density at radius 2 is 2.26 bits per heavy atom. The standard InChI is InChI=1S/C15H19N3O3S2/c1-11-8-12(16-2)9-13(17-11)14-10-18(5-6-21-14)23(19,20)15-4-3-7-22-15/h3-4,7-9,14H,5-6,10H2,1-2H3,(H,16,17). The second-order valence-corrected chi connectivity index (χ2v) is 8.44. The second-order valence-electron chi connectivity index (χ2n) is 5.33. The van der Waals surface area contributed by atoms with Gasteiger partial charge in [-0.25, -0.2) is 8.42 Å². The molecule has 3 rings (SSSR count). The van der Waals surface area contributed by atoms with Crippen LogP contribution in [0, 0.1) is 6.92 Å². The molecule has 1 aliphatic rings. The first-order valence-electron chi connectivity index (χ1n) is 7.32. The van der Waals surface area contributed by atoms with Crippen LogP contribution in [-0.4, -0.2) is 44.5 Å². The fourth-order valence-electron chi connectivity index (χ4n) is 2.56. The van der Waals surface area contributed by atoms with Gasteiger partial charge in [0, 0.05) is 31.5 Å². The molecule has 124 valence electrons. The molecule has 2 aromatic rings. The van der Waals surface area contributed by atoms with Gasteiger partial charge in [0.1, 0.15) is 10.3 Å². The second kappa shape index (κ2) is 6.56. The van der Waals surface area contributed by atoms with Gasteiger partial charge in [0.2, 0.25) is 0 Å². The van der Waals surface area contributed by atoms with E-state index < -0.39 is 10.0 Å². The van der Waals surface area contributed by atoms with Gasteiger partial charge in [0.25, 0.3) is 10.0 Å². The van der Waals surface area contributed by atoms with Gasteiger partial charge in [-0.2, -0.15) is 4.31 Å². The van der Waals surface area contributed by atoms with Crippen LogP contribution in [0.1, 0.15) is 17.5 Å². The van der Waals surface area contributed by atoms with E-state index in [9.17, 15) is 8.42 Å². The Kier molecular flexibility index (Phi) is 4.67. The number of rotatable bonds is 4. The van der Waals surface area contributed by atoms with Crippen molar-refractivity contribution in [2.24, 2.45) is 0 Å². The molecule has 0 radical (unpaired) electrons. The molecule has 0 spiro atoms. The highest BCUT2D eigenvalue weighted by Crippen LogP contribution is 2.28. The molecular formula is C15H19N3O3S2. The summed E-state index contributed by atoms with van der Waals surface area (Å²) in [6, 6.07) is 7.22. The molecule has 1 unspecified atom stereocenters. The summed E-state index contributed by atoms with van der Waals surface area (Å²) in [6.45, 7) is 2.91. The monoisotopic (exact) mass is 353 g/mol. The van der Waals surface area contributed by atoms with E-state index >= 15 is 0 Å². The van der Waals surface area contributed by atoms with E-state index in [0.717, 1.165) is 17.1 Å². The minimum absolute atomic E-state index is 0.278. The van der Waals surface area contributed by atoms with E-state index in [-0.39, 0.29) is 12.6 Å². The van der Waals surface area contributed by atoms with Crippen LogP contribution in [0.15, 0.2) is 33.9 Å². The minimum Gasteiger partial charge on any atom is -0.388 e. The lowest BCUT2D eigenvalue weighted by atomic mass is 10.1. The molecule has 6 nitrogen and oxygen atoms in total. The molecule has 1 N–H and O–H groups in total. The van der Waals surface area contributed by atoms with Crippen LogP contribution in [0.2, 0.25) is 0 Å². The van der Waals surface area contributed by atoms with E-state index in [1.807, 2.05) is 26.1 Å². The van der Waals surface area contributed by atoms with Crippen LogP contribution in [0.3, 0.4) is 0 Å². The zero-order chi connectivity index (χ0) is 16.4. The quantitative estimate of drug-likeness (QED) is 0.913. The fraction of sp³-hybridized carbons (Fsp3) is 0.400. The number of aryl methyl sites for hydroxylation is 1. The molecule has 8 heteroatoms. The van der Waals surface area contributed by atoms with Gasteiger partial charge in [-0.15, -0.1) is 11.3 Å². The van der Waals surface area contributed by atoms with Crippen molar-refractivity contribution >= 4 is 27.0 Å².